The van der Waals surface area contributed by atoms with Gasteiger partial charge in [-0.15, -0.1) is 0 Å². The zero-order valence-corrected chi connectivity index (χ0v) is 9.56. The number of hydrogen-bond donors (Lipinski definition) is 3. The van der Waals surface area contributed by atoms with E-state index in [2.05, 4.69) is 0 Å². The molecule has 1 rings (SSSR count). The number of benzene rings is 1. The van der Waals surface area contributed by atoms with Gasteiger partial charge >= 0.3 is 5.97 Å². The van der Waals surface area contributed by atoms with Crippen LogP contribution in [0.25, 0.3) is 0 Å². The van der Waals surface area contributed by atoms with Crippen molar-refractivity contribution in [2.45, 2.75) is 32.3 Å². The third-order valence-corrected chi connectivity index (χ3v) is 2.87. The smallest absolute Gasteiger partial charge is 0.333 e. The molecule has 0 saturated carbocycles. The van der Waals surface area contributed by atoms with Crippen molar-refractivity contribution in [1.29, 1.82) is 0 Å². The molecule has 0 aromatic heterocycles. The molecular formula is C12H16O4. The Kier molecular flexibility index (Phi) is 3.24. The van der Waals surface area contributed by atoms with Gasteiger partial charge in [-0.2, -0.15) is 0 Å². The van der Waals surface area contributed by atoms with Gasteiger partial charge in [-0.1, -0.05) is 26.0 Å². The van der Waals surface area contributed by atoms with Crippen LogP contribution in [0.5, 0.6) is 5.75 Å². The van der Waals surface area contributed by atoms with Crippen LogP contribution in [-0.4, -0.2) is 27.4 Å². The number of carboxylic acids is 1. The maximum atomic E-state index is 10.8. The molecule has 0 aliphatic carbocycles. The molecule has 1 atom stereocenters. The Hall–Kier alpha value is -1.55. The SMILES string of the molecule is Cc1ccc(C(C)(C)C(O)C(=O)O)cc1O. The summed E-state index contributed by atoms with van der Waals surface area (Å²) in [5.74, 6) is -1.17. The number of phenolic OH excluding ortho intramolecular Hbond substituents is 1. The summed E-state index contributed by atoms with van der Waals surface area (Å²) in [5.41, 5.74) is 0.353. The molecule has 1 unspecified atom stereocenters. The van der Waals surface area contributed by atoms with Crippen LogP contribution in [0.4, 0.5) is 0 Å². The van der Waals surface area contributed by atoms with Crippen molar-refractivity contribution in [1.82, 2.24) is 0 Å². The van der Waals surface area contributed by atoms with Crippen molar-refractivity contribution >= 4 is 5.97 Å². The Morgan fingerprint density at radius 3 is 2.38 bits per heavy atom. The molecule has 3 N–H and O–H groups in total. The molecule has 0 aliphatic heterocycles. The van der Waals surface area contributed by atoms with E-state index in [9.17, 15) is 15.0 Å². The highest BCUT2D eigenvalue weighted by Gasteiger charge is 2.35. The van der Waals surface area contributed by atoms with Gasteiger partial charge in [0.15, 0.2) is 6.10 Å². The first-order valence-electron chi connectivity index (χ1n) is 4.97. The fourth-order valence-electron chi connectivity index (χ4n) is 1.48. The van der Waals surface area contributed by atoms with E-state index in [1.54, 1.807) is 32.9 Å². The molecule has 16 heavy (non-hydrogen) atoms. The van der Waals surface area contributed by atoms with Crippen molar-refractivity contribution < 1.29 is 20.1 Å². The van der Waals surface area contributed by atoms with Crippen molar-refractivity contribution in [3.63, 3.8) is 0 Å². The number of phenols is 1. The molecule has 1 aromatic carbocycles. The molecule has 0 radical (unpaired) electrons. The highest BCUT2D eigenvalue weighted by molar-refractivity contribution is 5.74. The summed E-state index contributed by atoms with van der Waals surface area (Å²) in [6.45, 7) is 4.99. The maximum Gasteiger partial charge on any atom is 0.333 e. The molecule has 0 amide bonds. The van der Waals surface area contributed by atoms with E-state index >= 15 is 0 Å². The predicted octanol–water partition coefficient (Wildman–Crippen LogP) is 1.42. The highest BCUT2D eigenvalue weighted by Crippen LogP contribution is 2.31. The number of hydrogen-bond acceptors (Lipinski definition) is 3. The van der Waals surface area contributed by atoms with Crippen molar-refractivity contribution in [2.75, 3.05) is 0 Å². The molecule has 0 heterocycles. The Morgan fingerprint density at radius 2 is 1.94 bits per heavy atom. The summed E-state index contributed by atoms with van der Waals surface area (Å²) in [6, 6.07) is 4.89. The highest BCUT2D eigenvalue weighted by atomic mass is 16.4. The van der Waals surface area contributed by atoms with Crippen LogP contribution in [0, 0.1) is 6.92 Å². The minimum Gasteiger partial charge on any atom is -0.508 e. The van der Waals surface area contributed by atoms with E-state index in [-0.39, 0.29) is 5.75 Å². The fourth-order valence-corrected chi connectivity index (χ4v) is 1.48. The van der Waals surface area contributed by atoms with Crippen LogP contribution >= 0.6 is 0 Å². The number of carboxylic acid groups (broad SMARTS) is 1. The van der Waals surface area contributed by atoms with Gasteiger partial charge in [0, 0.05) is 5.41 Å². The first-order chi connectivity index (χ1) is 7.26. The summed E-state index contributed by atoms with van der Waals surface area (Å²) >= 11 is 0. The molecule has 1 aromatic rings. The number of carbonyl (C=O) groups is 1. The van der Waals surface area contributed by atoms with E-state index < -0.39 is 17.5 Å². The zero-order valence-electron chi connectivity index (χ0n) is 9.56. The van der Waals surface area contributed by atoms with Gasteiger partial charge in [0.25, 0.3) is 0 Å². The summed E-state index contributed by atoms with van der Waals surface area (Å²) in [7, 11) is 0. The second-order valence-electron chi connectivity index (χ2n) is 4.46. The summed E-state index contributed by atoms with van der Waals surface area (Å²) in [4.78, 5) is 10.8. The van der Waals surface area contributed by atoms with Crippen LogP contribution in [0.3, 0.4) is 0 Å². The third-order valence-electron chi connectivity index (χ3n) is 2.87. The lowest BCUT2D eigenvalue weighted by atomic mass is 9.79. The van der Waals surface area contributed by atoms with Crippen LogP contribution < -0.4 is 0 Å². The van der Waals surface area contributed by atoms with Gasteiger partial charge in [-0.25, -0.2) is 4.79 Å². The third kappa shape index (κ3) is 2.17. The van der Waals surface area contributed by atoms with Crippen molar-refractivity contribution in [2.24, 2.45) is 0 Å². The molecule has 0 spiro atoms. The number of rotatable bonds is 3. The molecule has 0 bridgehead atoms. The molecule has 0 fully saturated rings. The number of aromatic hydroxyl groups is 1. The molecule has 0 saturated heterocycles. The van der Waals surface area contributed by atoms with E-state index in [0.717, 1.165) is 0 Å². The molecule has 88 valence electrons. The summed E-state index contributed by atoms with van der Waals surface area (Å²) in [5, 5.41) is 27.9. The first-order valence-corrected chi connectivity index (χ1v) is 4.97. The van der Waals surface area contributed by atoms with Gasteiger partial charge in [-0.05, 0) is 24.1 Å². The summed E-state index contributed by atoms with van der Waals surface area (Å²) in [6.07, 6.45) is -1.50. The minimum atomic E-state index is -1.50. The van der Waals surface area contributed by atoms with Crippen LogP contribution in [-0.2, 0) is 10.2 Å². The lowest BCUT2D eigenvalue weighted by Gasteiger charge is -2.28. The Labute approximate surface area is 94.2 Å². The Balaban J connectivity index is 3.16. The van der Waals surface area contributed by atoms with Gasteiger partial charge < -0.3 is 15.3 Å². The quantitative estimate of drug-likeness (QED) is 0.725. The average molecular weight is 224 g/mol. The standard InChI is InChI=1S/C12H16O4/c1-7-4-5-8(6-9(7)13)12(2,3)10(14)11(15)16/h4-6,10,13-14H,1-3H3,(H,15,16). The molecular weight excluding hydrogens is 208 g/mol. The second-order valence-corrected chi connectivity index (χ2v) is 4.46. The summed E-state index contributed by atoms with van der Waals surface area (Å²) < 4.78 is 0. The van der Waals surface area contributed by atoms with Crippen LogP contribution in [0.2, 0.25) is 0 Å². The first kappa shape index (κ1) is 12.5. The van der Waals surface area contributed by atoms with E-state index in [1.807, 2.05) is 0 Å². The second kappa shape index (κ2) is 4.14. The average Bonchev–Trinajstić information content (AvgIpc) is 2.20. The van der Waals surface area contributed by atoms with E-state index in [4.69, 9.17) is 5.11 Å². The Morgan fingerprint density at radius 1 is 1.38 bits per heavy atom. The minimum absolute atomic E-state index is 0.100. The van der Waals surface area contributed by atoms with Gasteiger partial charge in [0.2, 0.25) is 0 Å². The molecule has 4 heteroatoms. The molecule has 4 nitrogen and oxygen atoms in total. The number of aliphatic hydroxyl groups excluding tert-OH is 1. The number of aryl methyl sites for hydroxylation is 1. The number of aliphatic carboxylic acids is 1. The zero-order chi connectivity index (χ0) is 12.5. The predicted molar refractivity (Wildman–Crippen MR) is 59.5 cm³/mol. The van der Waals surface area contributed by atoms with Gasteiger partial charge in [-0.3, -0.25) is 0 Å². The lowest BCUT2D eigenvalue weighted by molar-refractivity contribution is -0.150. The van der Waals surface area contributed by atoms with Gasteiger partial charge in [0.05, 0.1) is 0 Å². The van der Waals surface area contributed by atoms with Crippen LogP contribution in [0.1, 0.15) is 25.0 Å². The van der Waals surface area contributed by atoms with E-state index in [0.29, 0.717) is 11.1 Å². The molecule has 0 aliphatic rings. The normalized spacial score (nSPS) is 13.5. The lowest BCUT2D eigenvalue weighted by Crippen LogP contribution is -2.39. The van der Waals surface area contributed by atoms with Crippen molar-refractivity contribution in [3.05, 3.63) is 29.3 Å². The monoisotopic (exact) mass is 224 g/mol. The van der Waals surface area contributed by atoms with Crippen LogP contribution in [0.15, 0.2) is 18.2 Å². The number of aliphatic hydroxyl groups is 1. The fraction of sp³-hybridized carbons (Fsp3) is 0.417. The Bertz CT molecular complexity index is 409. The van der Waals surface area contributed by atoms with Crippen molar-refractivity contribution in [3.8, 4) is 5.75 Å². The maximum absolute atomic E-state index is 10.8. The topological polar surface area (TPSA) is 77.8 Å². The largest absolute Gasteiger partial charge is 0.508 e. The van der Waals surface area contributed by atoms with E-state index in [1.165, 1.54) is 6.07 Å². The van der Waals surface area contributed by atoms with Gasteiger partial charge in [0.1, 0.15) is 5.75 Å².